The third kappa shape index (κ3) is 3.03. The van der Waals surface area contributed by atoms with Gasteiger partial charge in [0, 0.05) is 0 Å². The number of carbonyl (C=O) groups is 1. The van der Waals surface area contributed by atoms with Gasteiger partial charge in [0.25, 0.3) is 10.0 Å². The van der Waals surface area contributed by atoms with E-state index in [1.165, 1.54) is 12.4 Å². The molecule has 17 heavy (non-hydrogen) atoms. The average molecular weight is 274 g/mol. The SMILES string of the molecule is C#CC(C)NS(=O)(=O)c1scnc1C(=O)OC. The molecule has 0 bridgehead atoms. The fourth-order valence-corrected chi connectivity index (χ4v) is 3.29. The number of thiazole rings is 1. The predicted molar refractivity (Wildman–Crippen MR) is 62.1 cm³/mol. The van der Waals surface area contributed by atoms with Gasteiger partial charge in [0.15, 0.2) is 9.90 Å². The lowest BCUT2D eigenvalue weighted by atomic mass is 10.4. The molecule has 8 heteroatoms. The summed E-state index contributed by atoms with van der Waals surface area (Å²) in [5.74, 6) is 1.42. The second-order valence-electron chi connectivity index (χ2n) is 2.99. The van der Waals surface area contributed by atoms with Gasteiger partial charge in [0.2, 0.25) is 0 Å². The largest absolute Gasteiger partial charge is 0.464 e. The van der Waals surface area contributed by atoms with E-state index in [0.29, 0.717) is 0 Å². The van der Waals surface area contributed by atoms with Crippen LogP contribution in [0, 0.1) is 12.3 Å². The van der Waals surface area contributed by atoms with Crippen molar-refractivity contribution in [2.45, 2.75) is 17.2 Å². The lowest BCUT2D eigenvalue weighted by Crippen LogP contribution is -2.31. The summed E-state index contributed by atoms with van der Waals surface area (Å²) >= 11 is 0.822. The van der Waals surface area contributed by atoms with Crippen LogP contribution in [0.2, 0.25) is 0 Å². The van der Waals surface area contributed by atoms with Gasteiger partial charge in [-0.2, -0.15) is 4.72 Å². The van der Waals surface area contributed by atoms with Crippen LogP contribution in [0.3, 0.4) is 0 Å². The Morgan fingerprint density at radius 3 is 2.88 bits per heavy atom. The van der Waals surface area contributed by atoms with Gasteiger partial charge >= 0.3 is 5.97 Å². The highest BCUT2D eigenvalue weighted by Gasteiger charge is 2.27. The number of carbonyl (C=O) groups excluding carboxylic acids is 1. The number of methoxy groups -OCH3 is 1. The van der Waals surface area contributed by atoms with Crippen LogP contribution in [0.4, 0.5) is 0 Å². The zero-order valence-electron chi connectivity index (χ0n) is 9.13. The molecule has 1 atom stereocenters. The van der Waals surface area contributed by atoms with E-state index < -0.39 is 22.0 Å². The van der Waals surface area contributed by atoms with Crippen LogP contribution < -0.4 is 4.72 Å². The summed E-state index contributed by atoms with van der Waals surface area (Å²) in [5, 5.41) is 0. The molecule has 0 radical (unpaired) electrons. The van der Waals surface area contributed by atoms with Crippen molar-refractivity contribution in [3.8, 4) is 12.3 Å². The van der Waals surface area contributed by atoms with Crippen molar-refractivity contribution in [1.82, 2.24) is 9.71 Å². The van der Waals surface area contributed by atoms with Crippen LogP contribution in [0.25, 0.3) is 0 Å². The van der Waals surface area contributed by atoms with Crippen molar-refractivity contribution in [1.29, 1.82) is 0 Å². The van der Waals surface area contributed by atoms with Gasteiger partial charge in [-0.3, -0.25) is 0 Å². The van der Waals surface area contributed by atoms with E-state index >= 15 is 0 Å². The van der Waals surface area contributed by atoms with E-state index in [1.54, 1.807) is 0 Å². The minimum absolute atomic E-state index is 0.202. The van der Waals surface area contributed by atoms with E-state index in [-0.39, 0.29) is 9.90 Å². The Labute approximate surface area is 103 Å². The summed E-state index contributed by atoms with van der Waals surface area (Å²) in [6.45, 7) is 1.51. The smallest absolute Gasteiger partial charge is 0.358 e. The molecule has 6 nitrogen and oxygen atoms in total. The first-order valence-corrected chi connectivity index (χ1v) is 6.79. The Morgan fingerprint density at radius 2 is 2.35 bits per heavy atom. The zero-order chi connectivity index (χ0) is 13.1. The minimum Gasteiger partial charge on any atom is -0.464 e. The molecule has 1 aromatic rings. The van der Waals surface area contributed by atoms with Crippen molar-refractivity contribution in [3.05, 3.63) is 11.2 Å². The fraction of sp³-hybridized carbons (Fsp3) is 0.333. The minimum atomic E-state index is -3.85. The predicted octanol–water partition coefficient (Wildman–Crippen LogP) is 0.230. The second-order valence-corrected chi connectivity index (χ2v) is 5.75. The third-order valence-electron chi connectivity index (χ3n) is 1.74. The first kappa shape index (κ1) is 13.6. The van der Waals surface area contributed by atoms with E-state index in [9.17, 15) is 13.2 Å². The van der Waals surface area contributed by atoms with Gasteiger partial charge in [-0.05, 0) is 6.92 Å². The molecule has 1 aromatic heterocycles. The zero-order valence-corrected chi connectivity index (χ0v) is 10.8. The number of nitrogens with zero attached hydrogens (tertiary/aromatic N) is 1. The molecule has 0 aliphatic rings. The Morgan fingerprint density at radius 1 is 1.71 bits per heavy atom. The maximum absolute atomic E-state index is 11.9. The van der Waals surface area contributed by atoms with Gasteiger partial charge in [0.1, 0.15) is 0 Å². The molecule has 1 heterocycles. The molecule has 1 rings (SSSR count). The summed E-state index contributed by atoms with van der Waals surface area (Å²) < 4.78 is 30.2. The Balaban J connectivity index is 3.13. The van der Waals surface area contributed by atoms with Crippen molar-refractivity contribution >= 4 is 27.3 Å². The standard InChI is InChI=1S/C9H10N2O4S2/c1-4-6(2)11-17(13,14)9-7(8(12)15-3)10-5-16-9/h1,5-6,11H,2-3H3. The van der Waals surface area contributed by atoms with E-state index in [1.807, 2.05) is 0 Å². The molecule has 0 fully saturated rings. The van der Waals surface area contributed by atoms with Crippen molar-refractivity contribution in [3.63, 3.8) is 0 Å². The van der Waals surface area contributed by atoms with E-state index in [0.717, 1.165) is 18.4 Å². The summed E-state index contributed by atoms with van der Waals surface area (Å²) in [4.78, 5) is 14.9. The molecule has 0 saturated carbocycles. The number of esters is 1. The molecule has 0 aliphatic carbocycles. The number of hydrogen-bond acceptors (Lipinski definition) is 6. The van der Waals surface area contributed by atoms with Crippen LogP contribution in [0.5, 0.6) is 0 Å². The molecule has 0 spiro atoms. The molecular formula is C9H10N2O4S2. The maximum atomic E-state index is 11.9. The summed E-state index contributed by atoms with van der Waals surface area (Å²) in [7, 11) is -2.70. The maximum Gasteiger partial charge on any atom is 0.358 e. The first-order chi connectivity index (χ1) is 7.92. The molecule has 0 amide bonds. The summed E-state index contributed by atoms with van der Waals surface area (Å²) in [6.07, 6.45) is 5.08. The molecule has 0 saturated heterocycles. The number of rotatable bonds is 4. The van der Waals surface area contributed by atoms with Crippen LogP contribution >= 0.6 is 11.3 Å². The summed E-state index contributed by atoms with van der Waals surface area (Å²) in [6, 6.07) is -0.674. The van der Waals surface area contributed by atoms with Crippen molar-refractivity contribution in [2.24, 2.45) is 0 Å². The molecule has 1 unspecified atom stereocenters. The molecule has 1 N–H and O–H groups in total. The highest BCUT2D eigenvalue weighted by Crippen LogP contribution is 2.20. The quantitative estimate of drug-likeness (QED) is 0.627. The van der Waals surface area contributed by atoms with E-state index in [2.05, 4.69) is 20.4 Å². The lowest BCUT2D eigenvalue weighted by molar-refractivity contribution is 0.0590. The molecule has 0 aromatic carbocycles. The Kier molecular flexibility index (Phi) is 4.22. The van der Waals surface area contributed by atoms with Crippen LogP contribution in [-0.2, 0) is 14.8 Å². The van der Waals surface area contributed by atoms with E-state index in [4.69, 9.17) is 6.42 Å². The van der Waals surface area contributed by atoms with Crippen molar-refractivity contribution < 1.29 is 17.9 Å². The first-order valence-electron chi connectivity index (χ1n) is 4.42. The van der Waals surface area contributed by atoms with Crippen LogP contribution in [0.1, 0.15) is 17.4 Å². The number of nitrogens with one attached hydrogen (secondary N) is 1. The highest BCUT2D eigenvalue weighted by molar-refractivity contribution is 7.91. The highest BCUT2D eigenvalue weighted by atomic mass is 32.2. The number of hydrogen-bond donors (Lipinski definition) is 1. The Hall–Kier alpha value is -1.43. The fourth-order valence-electron chi connectivity index (χ4n) is 0.979. The average Bonchev–Trinajstić information content (AvgIpc) is 2.76. The van der Waals surface area contributed by atoms with Gasteiger partial charge < -0.3 is 4.74 Å². The monoisotopic (exact) mass is 274 g/mol. The van der Waals surface area contributed by atoms with Crippen LogP contribution in [-0.4, -0.2) is 32.5 Å². The van der Waals surface area contributed by atoms with Gasteiger partial charge in [-0.1, -0.05) is 5.92 Å². The number of aromatic nitrogens is 1. The third-order valence-corrected chi connectivity index (χ3v) is 4.65. The molecular weight excluding hydrogens is 264 g/mol. The second kappa shape index (κ2) is 5.27. The number of ether oxygens (including phenoxy) is 1. The number of sulfonamides is 1. The van der Waals surface area contributed by atoms with Gasteiger partial charge in [-0.25, -0.2) is 18.2 Å². The molecule has 0 aliphatic heterocycles. The topological polar surface area (TPSA) is 85.4 Å². The number of terminal acetylenes is 1. The Bertz CT molecular complexity index is 556. The lowest BCUT2D eigenvalue weighted by Gasteiger charge is -2.07. The summed E-state index contributed by atoms with van der Waals surface area (Å²) in [5.41, 5.74) is 1.01. The van der Waals surface area contributed by atoms with Crippen LogP contribution in [0.15, 0.2) is 9.72 Å². The van der Waals surface area contributed by atoms with Crippen molar-refractivity contribution in [2.75, 3.05) is 7.11 Å². The normalized spacial score (nSPS) is 12.8. The van der Waals surface area contributed by atoms with Gasteiger partial charge in [0.05, 0.1) is 18.7 Å². The van der Waals surface area contributed by atoms with Gasteiger partial charge in [-0.15, -0.1) is 17.8 Å². The molecule has 92 valence electrons.